The Kier molecular flexibility index (Phi) is 6.36. The van der Waals surface area contributed by atoms with Crippen LogP contribution in [0.5, 0.6) is 0 Å². The smallest absolute Gasteiger partial charge is 0.326 e. The van der Waals surface area contributed by atoms with Gasteiger partial charge in [-0.25, -0.2) is 4.79 Å². The van der Waals surface area contributed by atoms with Crippen LogP contribution in [0, 0.1) is 0 Å². The van der Waals surface area contributed by atoms with E-state index in [1.54, 1.807) is 0 Å². The molecule has 1 unspecified atom stereocenters. The highest BCUT2D eigenvalue weighted by molar-refractivity contribution is 5.83. The van der Waals surface area contributed by atoms with Crippen molar-refractivity contribution >= 4 is 11.9 Å². The second-order valence-corrected chi connectivity index (χ2v) is 5.49. The molecular weight excluding hydrogens is 290 g/mol. The highest BCUT2D eigenvalue weighted by atomic mass is 16.4. The third-order valence-electron chi connectivity index (χ3n) is 3.63. The normalized spacial score (nSPS) is 11.7. The molecule has 0 heterocycles. The van der Waals surface area contributed by atoms with E-state index in [0.717, 1.165) is 12.0 Å². The van der Waals surface area contributed by atoms with Gasteiger partial charge in [0.2, 0.25) is 5.91 Å². The molecule has 0 saturated carbocycles. The summed E-state index contributed by atoms with van der Waals surface area (Å²) in [6.45, 7) is 0. The predicted molar refractivity (Wildman–Crippen MR) is 89.1 cm³/mol. The lowest BCUT2D eigenvalue weighted by atomic mass is 10.1. The number of carboxylic acids is 1. The Morgan fingerprint density at radius 2 is 1.48 bits per heavy atom. The second-order valence-electron chi connectivity index (χ2n) is 5.49. The molecule has 23 heavy (non-hydrogen) atoms. The zero-order valence-electron chi connectivity index (χ0n) is 12.9. The molecule has 120 valence electrons. The first-order chi connectivity index (χ1) is 11.1. The van der Waals surface area contributed by atoms with E-state index in [4.69, 9.17) is 0 Å². The largest absolute Gasteiger partial charge is 0.480 e. The van der Waals surface area contributed by atoms with E-state index in [0.29, 0.717) is 19.3 Å². The molecule has 0 fully saturated rings. The van der Waals surface area contributed by atoms with E-state index < -0.39 is 12.0 Å². The fourth-order valence-corrected chi connectivity index (χ4v) is 2.41. The van der Waals surface area contributed by atoms with Crippen LogP contribution in [-0.4, -0.2) is 23.0 Å². The van der Waals surface area contributed by atoms with Gasteiger partial charge in [0.05, 0.1) is 0 Å². The van der Waals surface area contributed by atoms with Crippen LogP contribution >= 0.6 is 0 Å². The number of amides is 1. The van der Waals surface area contributed by atoms with Crippen LogP contribution in [0.1, 0.15) is 24.0 Å². The van der Waals surface area contributed by atoms with Gasteiger partial charge in [0.1, 0.15) is 6.04 Å². The summed E-state index contributed by atoms with van der Waals surface area (Å²) in [6, 6.07) is 18.4. The van der Waals surface area contributed by atoms with E-state index in [-0.39, 0.29) is 5.91 Å². The van der Waals surface area contributed by atoms with Crippen molar-refractivity contribution in [3.63, 3.8) is 0 Å². The molecule has 1 atom stereocenters. The molecule has 2 rings (SSSR count). The average Bonchev–Trinajstić information content (AvgIpc) is 2.56. The fourth-order valence-electron chi connectivity index (χ4n) is 2.41. The number of benzene rings is 2. The monoisotopic (exact) mass is 311 g/mol. The molecule has 2 aromatic carbocycles. The highest BCUT2D eigenvalue weighted by Gasteiger charge is 2.19. The zero-order chi connectivity index (χ0) is 16.5. The molecule has 0 saturated heterocycles. The van der Waals surface area contributed by atoms with Gasteiger partial charge in [0.25, 0.3) is 0 Å². The van der Waals surface area contributed by atoms with Gasteiger partial charge in [-0.3, -0.25) is 4.79 Å². The topological polar surface area (TPSA) is 66.4 Å². The number of carbonyl (C=O) groups is 2. The lowest BCUT2D eigenvalue weighted by molar-refractivity contribution is -0.141. The van der Waals surface area contributed by atoms with Crippen LogP contribution in [0.2, 0.25) is 0 Å². The first-order valence-corrected chi connectivity index (χ1v) is 7.75. The number of rotatable bonds is 8. The Balaban J connectivity index is 1.80. The van der Waals surface area contributed by atoms with Gasteiger partial charge in [-0.05, 0) is 24.0 Å². The molecule has 0 aliphatic carbocycles. The Labute approximate surface area is 136 Å². The van der Waals surface area contributed by atoms with Gasteiger partial charge in [0.15, 0.2) is 0 Å². The zero-order valence-corrected chi connectivity index (χ0v) is 12.9. The molecular formula is C19H21NO3. The van der Waals surface area contributed by atoms with Crippen molar-refractivity contribution in [3.05, 3.63) is 71.8 Å². The van der Waals surface area contributed by atoms with E-state index in [1.165, 1.54) is 5.56 Å². The number of carbonyl (C=O) groups excluding carboxylic acids is 1. The lowest BCUT2D eigenvalue weighted by Crippen LogP contribution is -2.42. The first-order valence-electron chi connectivity index (χ1n) is 7.75. The number of hydrogen-bond donors (Lipinski definition) is 2. The number of aryl methyl sites for hydroxylation is 1. The molecule has 0 spiro atoms. The maximum absolute atomic E-state index is 12.0. The van der Waals surface area contributed by atoms with Crippen molar-refractivity contribution in [1.82, 2.24) is 5.32 Å². The van der Waals surface area contributed by atoms with Crippen LogP contribution in [0.15, 0.2) is 60.7 Å². The minimum atomic E-state index is -1.01. The standard InChI is InChI=1S/C19H21NO3/c21-18(13-7-12-15-8-3-1-4-9-15)20-17(19(22)23)14-16-10-5-2-6-11-16/h1-6,8-11,17H,7,12-14H2,(H,20,21)(H,22,23). The first kappa shape index (κ1) is 16.7. The Hall–Kier alpha value is -2.62. The molecule has 1 amide bonds. The molecule has 0 radical (unpaired) electrons. The third kappa shape index (κ3) is 5.94. The van der Waals surface area contributed by atoms with Gasteiger partial charge in [-0.1, -0.05) is 60.7 Å². The summed E-state index contributed by atoms with van der Waals surface area (Å²) in [5.74, 6) is -1.23. The van der Waals surface area contributed by atoms with Crippen molar-refractivity contribution in [3.8, 4) is 0 Å². The molecule has 2 N–H and O–H groups in total. The van der Waals surface area contributed by atoms with Gasteiger partial charge < -0.3 is 10.4 Å². The third-order valence-corrected chi connectivity index (χ3v) is 3.63. The Morgan fingerprint density at radius 1 is 0.913 bits per heavy atom. The van der Waals surface area contributed by atoms with E-state index >= 15 is 0 Å². The van der Waals surface area contributed by atoms with Gasteiger partial charge in [0, 0.05) is 12.8 Å². The molecule has 0 aliphatic rings. The SMILES string of the molecule is O=C(CCCc1ccccc1)NC(Cc1ccccc1)C(=O)O. The quantitative estimate of drug-likeness (QED) is 0.788. The molecule has 2 aromatic rings. The molecule has 4 heteroatoms. The summed E-state index contributed by atoms with van der Waals surface area (Å²) in [4.78, 5) is 23.3. The molecule has 4 nitrogen and oxygen atoms in total. The summed E-state index contributed by atoms with van der Waals surface area (Å²) in [6.07, 6.45) is 2.13. The highest BCUT2D eigenvalue weighted by Crippen LogP contribution is 2.06. The second kappa shape index (κ2) is 8.73. The van der Waals surface area contributed by atoms with E-state index in [1.807, 2.05) is 60.7 Å². The van der Waals surface area contributed by atoms with Crippen molar-refractivity contribution in [2.75, 3.05) is 0 Å². The van der Waals surface area contributed by atoms with Crippen molar-refractivity contribution in [1.29, 1.82) is 0 Å². The Morgan fingerprint density at radius 3 is 2.04 bits per heavy atom. The van der Waals surface area contributed by atoms with Gasteiger partial charge in [-0.15, -0.1) is 0 Å². The van der Waals surface area contributed by atoms with E-state index in [9.17, 15) is 14.7 Å². The van der Waals surface area contributed by atoms with Crippen LogP contribution < -0.4 is 5.32 Å². The maximum atomic E-state index is 12.0. The minimum absolute atomic E-state index is 0.218. The number of nitrogens with one attached hydrogen (secondary N) is 1. The predicted octanol–water partition coefficient (Wildman–Crippen LogP) is 2.82. The van der Waals surface area contributed by atoms with Crippen LogP contribution in [-0.2, 0) is 22.4 Å². The minimum Gasteiger partial charge on any atom is -0.480 e. The van der Waals surface area contributed by atoms with Crippen molar-refractivity contribution < 1.29 is 14.7 Å². The van der Waals surface area contributed by atoms with Crippen molar-refractivity contribution in [2.24, 2.45) is 0 Å². The molecule has 0 aromatic heterocycles. The maximum Gasteiger partial charge on any atom is 0.326 e. The van der Waals surface area contributed by atoms with Gasteiger partial charge in [-0.2, -0.15) is 0 Å². The van der Waals surface area contributed by atoms with Crippen LogP contribution in [0.25, 0.3) is 0 Å². The summed E-state index contributed by atoms with van der Waals surface area (Å²) < 4.78 is 0. The van der Waals surface area contributed by atoms with Crippen LogP contribution in [0.4, 0.5) is 0 Å². The lowest BCUT2D eigenvalue weighted by Gasteiger charge is -2.14. The van der Waals surface area contributed by atoms with Crippen LogP contribution in [0.3, 0.4) is 0 Å². The number of hydrogen-bond acceptors (Lipinski definition) is 2. The summed E-state index contributed by atoms with van der Waals surface area (Å²) in [5, 5.41) is 11.9. The summed E-state index contributed by atoms with van der Waals surface area (Å²) in [5.41, 5.74) is 2.07. The van der Waals surface area contributed by atoms with Crippen molar-refractivity contribution in [2.45, 2.75) is 31.7 Å². The van der Waals surface area contributed by atoms with Gasteiger partial charge >= 0.3 is 5.97 Å². The summed E-state index contributed by atoms with van der Waals surface area (Å²) in [7, 11) is 0. The number of carboxylic acid groups (broad SMARTS) is 1. The fraction of sp³-hybridized carbons (Fsp3) is 0.263. The summed E-state index contributed by atoms with van der Waals surface area (Å²) >= 11 is 0. The van der Waals surface area contributed by atoms with E-state index in [2.05, 4.69) is 5.32 Å². The molecule has 0 bridgehead atoms. The number of aliphatic carboxylic acids is 1. The average molecular weight is 311 g/mol. The Bertz CT molecular complexity index is 626. The molecule has 0 aliphatic heterocycles.